The smallest absolute Gasteiger partial charge is 0.323 e. The molecule has 0 unspecified atom stereocenters. The molecule has 0 spiro atoms. The molecular weight excluding hydrogens is 448 g/mol. The highest BCUT2D eigenvalue weighted by molar-refractivity contribution is 6.01. The minimum Gasteiger partial charge on any atom is -0.481 e. The first kappa shape index (κ1) is 25.7. The molecule has 1 fully saturated rings. The fourth-order valence-corrected chi connectivity index (χ4v) is 4.11. The fraction of sp³-hybridized carbons (Fsp3) is 0.385. The van der Waals surface area contributed by atoms with Crippen LogP contribution in [0, 0.1) is 12.8 Å². The first-order valence-electron chi connectivity index (χ1n) is 11.8. The Kier molecular flexibility index (Phi) is 8.83. The number of carbonyl (C=O) groups is 4. The van der Waals surface area contributed by atoms with Gasteiger partial charge in [-0.3, -0.25) is 14.4 Å². The number of rotatable bonds is 9. The molecule has 2 aromatic rings. The van der Waals surface area contributed by atoms with Gasteiger partial charge in [0.1, 0.15) is 6.04 Å². The van der Waals surface area contributed by atoms with Crippen LogP contribution in [-0.2, 0) is 14.4 Å². The molecule has 0 aliphatic carbocycles. The number of para-hydroxylation sites is 1. The minimum absolute atomic E-state index is 0.0234. The minimum atomic E-state index is -0.878. The first-order chi connectivity index (χ1) is 16.7. The number of carboxylic acid groups (broad SMARTS) is 1. The van der Waals surface area contributed by atoms with Crippen LogP contribution >= 0.6 is 0 Å². The molecule has 0 bridgehead atoms. The van der Waals surface area contributed by atoms with Gasteiger partial charge in [0.2, 0.25) is 11.8 Å². The summed E-state index contributed by atoms with van der Waals surface area (Å²) in [7, 11) is 0. The lowest BCUT2D eigenvalue weighted by Crippen LogP contribution is -2.43. The molecule has 186 valence electrons. The summed E-state index contributed by atoms with van der Waals surface area (Å²) >= 11 is 0. The summed E-state index contributed by atoms with van der Waals surface area (Å²) in [5.41, 5.74) is 2.81. The van der Waals surface area contributed by atoms with E-state index in [9.17, 15) is 19.2 Å². The maximum Gasteiger partial charge on any atom is 0.323 e. The van der Waals surface area contributed by atoms with E-state index >= 15 is 0 Å². The summed E-state index contributed by atoms with van der Waals surface area (Å²) in [5.74, 6) is -1.36. The second-order valence-corrected chi connectivity index (χ2v) is 8.95. The van der Waals surface area contributed by atoms with E-state index in [0.717, 1.165) is 17.7 Å². The Morgan fingerprint density at radius 2 is 1.66 bits per heavy atom. The van der Waals surface area contributed by atoms with Gasteiger partial charge in [-0.1, -0.05) is 25.1 Å². The van der Waals surface area contributed by atoms with Crippen molar-refractivity contribution in [2.24, 2.45) is 5.92 Å². The zero-order valence-corrected chi connectivity index (χ0v) is 20.0. The van der Waals surface area contributed by atoms with Crippen LogP contribution in [-0.4, -0.2) is 46.4 Å². The van der Waals surface area contributed by atoms with Crippen LogP contribution in [0.4, 0.5) is 21.9 Å². The number of carboxylic acids is 1. The molecule has 4 N–H and O–H groups in total. The largest absolute Gasteiger partial charge is 0.481 e. The molecule has 0 saturated carbocycles. The zero-order chi connectivity index (χ0) is 25.4. The lowest BCUT2D eigenvalue weighted by molar-refractivity contribution is -0.139. The number of likely N-dealkylation sites (tertiary alicyclic amines) is 1. The molecule has 1 aliphatic heterocycles. The van der Waals surface area contributed by atoms with Gasteiger partial charge in [0.25, 0.3) is 0 Å². The van der Waals surface area contributed by atoms with Gasteiger partial charge >= 0.3 is 12.0 Å². The first-order valence-corrected chi connectivity index (χ1v) is 11.8. The number of carbonyl (C=O) groups excluding carboxylic acids is 3. The SMILES string of the molecule is Cc1ccccc1NC(=O)Nc1ccc(NC(=O)[C@@H]2CCCN2C(=O)CC[C@@H](C)CC(=O)O)cc1. The van der Waals surface area contributed by atoms with Gasteiger partial charge in [0.15, 0.2) is 0 Å². The van der Waals surface area contributed by atoms with Crippen molar-refractivity contribution < 1.29 is 24.3 Å². The number of aryl methyl sites for hydroxylation is 1. The number of urea groups is 1. The van der Waals surface area contributed by atoms with Gasteiger partial charge in [-0.25, -0.2) is 4.79 Å². The van der Waals surface area contributed by atoms with Crippen LogP contribution in [0.25, 0.3) is 0 Å². The van der Waals surface area contributed by atoms with E-state index in [0.29, 0.717) is 30.8 Å². The quantitative estimate of drug-likeness (QED) is 0.421. The van der Waals surface area contributed by atoms with E-state index in [4.69, 9.17) is 5.11 Å². The van der Waals surface area contributed by atoms with Crippen LogP contribution in [0.2, 0.25) is 0 Å². The zero-order valence-electron chi connectivity index (χ0n) is 20.0. The number of hydrogen-bond acceptors (Lipinski definition) is 4. The lowest BCUT2D eigenvalue weighted by Gasteiger charge is -2.24. The summed E-state index contributed by atoms with van der Waals surface area (Å²) in [6.07, 6.45) is 2.05. The second-order valence-electron chi connectivity index (χ2n) is 8.95. The molecular formula is C26H32N4O5. The maximum absolute atomic E-state index is 12.8. The summed E-state index contributed by atoms with van der Waals surface area (Å²) in [6, 6.07) is 13.3. The average molecular weight is 481 g/mol. The van der Waals surface area contributed by atoms with E-state index in [-0.39, 0.29) is 36.6 Å². The fourth-order valence-electron chi connectivity index (χ4n) is 4.11. The summed E-state index contributed by atoms with van der Waals surface area (Å²) in [6.45, 7) is 4.23. The van der Waals surface area contributed by atoms with Crippen molar-refractivity contribution in [1.82, 2.24) is 4.90 Å². The molecule has 9 heteroatoms. The Bertz CT molecular complexity index is 1070. The topological polar surface area (TPSA) is 128 Å². The Labute approximate surface area is 204 Å². The van der Waals surface area contributed by atoms with Crippen molar-refractivity contribution in [2.75, 3.05) is 22.5 Å². The maximum atomic E-state index is 12.8. The third-order valence-corrected chi connectivity index (χ3v) is 6.05. The van der Waals surface area contributed by atoms with Crippen LogP contribution in [0.3, 0.4) is 0 Å². The number of aliphatic carboxylic acids is 1. The van der Waals surface area contributed by atoms with Gasteiger partial charge in [0, 0.05) is 36.4 Å². The third-order valence-electron chi connectivity index (χ3n) is 6.05. The van der Waals surface area contributed by atoms with Crippen molar-refractivity contribution in [3.8, 4) is 0 Å². The van der Waals surface area contributed by atoms with Gasteiger partial charge in [0.05, 0.1) is 0 Å². The van der Waals surface area contributed by atoms with E-state index < -0.39 is 12.0 Å². The molecule has 9 nitrogen and oxygen atoms in total. The van der Waals surface area contributed by atoms with Crippen LogP contribution in [0.5, 0.6) is 0 Å². The molecule has 35 heavy (non-hydrogen) atoms. The normalized spacial score (nSPS) is 15.8. The van der Waals surface area contributed by atoms with Gasteiger partial charge in [-0.05, 0) is 68.0 Å². The Morgan fingerprint density at radius 3 is 2.31 bits per heavy atom. The Morgan fingerprint density at radius 1 is 1.00 bits per heavy atom. The predicted molar refractivity (Wildman–Crippen MR) is 134 cm³/mol. The molecule has 2 atom stereocenters. The van der Waals surface area contributed by atoms with E-state index in [1.54, 1.807) is 36.1 Å². The average Bonchev–Trinajstić information content (AvgIpc) is 3.30. The molecule has 1 aliphatic rings. The summed E-state index contributed by atoms with van der Waals surface area (Å²) in [4.78, 5) is 50.2. The van der Waals surface area contributed by atoms with Crippen molar-refractivity contribution in [3.05, 3.63) is 54.1 Å². The molecule has 1 heterocycles. The number of anilines is 3. The standard InChI is InChI=1S/C26H32N4O5/c1-17(16-24(32)33)9-14-23(31)30-15-5-8-22(30)25(34)27-19-10-12-20(13-11-19)28-26(35)29-21-7-4-3-6-18(21)2/h3-4,6-7,10-13,17,22H,5,8-9,14-16H2,1-2H3,(H,27,34)(H,32,33)(H2,28,29,35)/t17-,22+/m1/s1. The lowest BCUT2D eigenvalue weighted by atomic mass is 10.0. The summed E-state index contributed by atoms with van der Waals surface area (Å²) < 4.78 is 0. The third kappa shape index (κ3) is 7.56. The summed E-state index contributed by atoms with van der Waals surface area (Å²) in [5, 5.41) is 17.3. The Hall–Kier alpha value is -3.88. The molecule has 0 aromatic heterocycles. The Balaban J connectivity index is 1.50. The highest BCUT2D eigenvalue weighted by atomic mass is 16.4. The number of nitrogens with zero attached hydrogens (tertiary/aromatic N) is 1. The van der Waals surface area contributed by atoms with Crippen molar-refractivity contribution in [1.29, 1.82) is 0 Å². The monoisotopic (exact) mass is 480 g/mol. The molecule has 0 radical (unpaired) electrons. The van der Waals surface area contributed by atoms with E-state index in [1.165, 1.54) is 0 Å². The van der Waals surface area contributed by atoms with Gasteiger partial charge < -0.3 is 26.0 Å². The van der Waals surface area contributed by atoms with Crippen molar-refractivity contribution in [3.63, 3.8) is 0 Å². The molecule has 4 amide bonds. The highest BCUT2D eigenvalue weighted by Gasteiger charge is 2.34. The van der Waals surface area contributed by atoms with E-state index in [2.05, 4.69) is 16.0 Å². The predicted octanol–water partition coefficient (Wildman–Crippen LogP) is 4.46. The van der Waals surface area contributed by atoms with Gasteiger partial charge in [-0.15, -0.1) is 0 Å². The second kappa shape index (κ2) is 12.0. The van der Waals surface area contributed by atoms with Crippen LogP contribution < -0.4 is 16.0 Å². The van der Waals surface area contributed by atoms with Crippen molar-refractivity contribution >= 4 is 40.9 Å². The van der Waals surface area contributed by atoms with E-state index in [1.807, 2.05) is 31.2 Å². The molecule has 2 aromatic carbocycles. The van der Waals surface area contributed by atoms with Gasteiger partial charge in [-0.2, -0.15) is 0 Å². The number of amides is 4. The van der Waals surface area contributed by atoms with Crippen LogP contribution in [0.1, 0.15) is 44.6 Å². The number of hydrogen-bond donors (Lipinski definition) is 4. The highest BCUT2D eigenvalue weighted by Crippen LogP contribution is 2.23. The number of nitrogens with one attached hydrogen (secondary N) is 3. The molecule has 1 saturated heterocycles. The van der Waals surface area contributed by atoms with Crippen molar-refractivity contribution in [2.45, 2.75) is 52.0 Å². The van der Waals surface area contributed by atoms with Crippen LogP contribution in [0.15, 0.2) is 48.5 Å². The number of benzene rings is 2. The molecule has 3 rings (SSSR count).